The number of hydrogen-bond acceptors (Lipinski definition) is 3. The molecule has 4 aliphatic rings. The molecule has 3 aliphatic carbocycles. The van der Waals surface area contributed by atoms with E-state index in [2.05, 4.69) is 31.2 Å². The lowest BCUT2D eigenvalue weighted by Crippen LogP contribution is -2.42. The van der Waals surface area contributed by atoms with E-state index in [1.807, 2.05) is 13.8 Å². The Morgan fingerprint density at radius 3 is 2.68 bits per heavy atom. The predicted octanol–water partition coefficient (Wildman–Crippen LogP) is 5.35. The number of fused-ring (bicyclic) bond motifs is 5. The molecule has 3 unspecified atom stereocenters. The number of ether oxygens (including phenoxy) is 2. The normalized spacial score (nSPS) is 35.3. The van der Waals surface area contributed by atoms with E-state index in [0.717, 1.165) is 30.1 Å². The summed E-state index contributed by atoms with van der Waals surface area (Å²) in [5.41, 5.74) is 5.17. The van der Waals surface area contributed by atoms with Crippen LogP contribution < -0.4 is 4.74 Å². The van der Waals surface area contributed by atoms with Crippen LogP contribution in [-0.2, 0) is 16.0 Å². The van der Waals surface area contributed by atoms with Crippen molar-refractivity contribution in [3.05, 3.63) is 52.6 Å². The lowest BCUT2D eigenvalue weighted by molar-refractivity contribution is -0.143. The summed E-state index contributed by atoms with van der Waals surface area (Å²) >= 11 is 0. The van der Waals surface area contributed by atoms with Crippen LogP contribution in [0.5, 0.6) is 5.75 Å². The van der Waals surface area contributed by atoms with E-state index in [4.69, 9.17) is 9.47 Å². The molecule has 0 N–H and O–H groups in total. The van der Waals surface area contributed by atoms with Gasteiger partial charge in [-0.25, -0.2) is 4.79 Å². The molecule has 0 spiro atoms. The van der Waals surface area contributed by atoms with E-state index in [0.29, 0.717) is 11.8 Å². The SMILES string of the molecule is COc1ccc2c(c1)CCC1C2CC[C@]2(C)C(C3=CC(=O)OC3(C)C)=CCC12. The molecule has 0 aromatic heterocycles. The van der Waals surface area contributed by atoms with Crippen LogP contribution in [-0.4, -0.2) is 18.7 Å². The summed E-state index contributed by atoms with van der Waals surface area (Å²) in [7, 11) is 1.75. The van der Waals surface area contributed by atoms with Crippen LogP contribution in [0, 0.1) is 17.3 Å². The summed E-state index contributed by atoms with van der Waals surface area (Å²) in [6.45, 7) is 6.49. The molecule has 5 rings (SSSR count). The second kappa shape index (κ2) is 5.98. The van der Waals surface area contributed by atoms with Crippen molar-refractivity contribution in [2.75, 3.05) is 7.11 Å². The van der Waals surface area contributed by atoms with Gasteiger partial charge in [-0.2, -0.15) is 0 Å². The van der Waals surface area contributed by atoms with Crippen molar-refractivity contribution in [1.29, 1.82) is 0 Å². The molecule has 0 saturated heterocycles. The lowest BCUT2D eigenvalue weighted by atomic mass is 9.53. The van der Waals surface area contributed by atoms with Crippen LogP contribution in [0.2, 0.25) is 0 Å². The highest BCUT2D eigenvalue weighted by molar-refractivity contribution is 5.88. The Hall–Kier alpha value is -2.03. The van der Waals surface area contributed by atoms with Crippen molar-refractivity contribution in [3.63, 3.8) is 0 Å². The molecule has 0 bridgehead atoms. The Bertz CT molecular complexity index is 906. The van der Waals surface area contributed by atoms with Crippen molar-refractivity contribution in [2.45, 2.75) is 64.4 Å². The van der Waals surface area contributed by atoms with Crippen LogP contribution in [0.25, 0.3) is 0 Å². The Balaban J connectivity index is 1.47. The maximum Gasteiger partial charge on any atom is 0.332 e. The largest absolute Gasteiger partial charge is 0.497 e. The maximum absolute atomic E-state index is 12.0. The summed E-state index contributed by atoms with van der Waals surface area (Å²) in [6.07, 6.45) is 10.1. The molecule has 0 amide bonds. The van der Waals surface area contributed by atoms with Gasteiger partial charge in [-0.1, -0.05) is 19.1 Å². The van der Waals surface area contributed by atoms with Crippen molar-refractivity contribution >= 4 is 5.97 Å². The molecule has 1 aliphatic heterocycles. The zero-order chi connectivity index (χ0) is 19.7. The minimum absolute atomic E-state index is 0.155. The number of hydrogen-bond donors (Lipinski definition) is 0. The van der Waals surface area contributed by atoms with Gasteiger partial charge >= 0.3 is 5.97 Å². The van der Waals surface area contributed by atoms with Gasteiger partial charge in [-0.15, -0.1) is 0 Å². The van der Waals surface area contributed by atoms with Crippen LogP contribution in [0.15, 0.2) is 41.5 Å². The van der Waals surface area contributed by atoms with E-state index in [9.17, 15) is 4.79 Å². The monoisotopic (exact) mass is 378 g/mol. The number of carbonyl (C=O) groups excluding carboxylic acids is 1. The van der Waals surface area contributed by atoms with Crippen molar-refractivity contribution in [2.24, 2.45) is 17.3 Å². The topological polar surface area (TPSA) is 35.5 Å². The minimum Gasteiger partial charge on any atom is -0.497 e. The van der Waals surface area contributed by atoms with Crippen molar-refractivity contribution < 1.29 is 14.3 Å². The third-order valence-electron chi connectivity index (χ3n) is 8.07. The van der Waals surface area contributed by atoms with Crippen LogP contribution in [0.3, 0.4) is 0 Å². The molecule has 148 valence electrons. The highest BCUT2D eigenvalue weighted by Gasteiger charge is 2.54. The Morgan fingerprint density at radius 2 is 1.96 bits per heavy atom. The summed E-state index contributed by atoms with van der Waals surface area (Å²) < 4.78 is 11.0. The van der Waals surface area contributed by atoms with Gasteiger partial charge in [0.1, 0.15) is 11.4 Å². The van der Waals surface area contributed by atoms with E-state index >= 15 is 0 Å². The van der Waals surface area contributed by atoms with Gasteiger partial charge in [0.2, 0.25) is 0 Å². The van der Waals surface area contributed by atoms with Crippen LogP contribution in [0.4, 0.5) is 0 Å². The van der Waals surface area contributed by atoms with Gasteiger partial charge in [-0.05, 0) is 98.0 Å². The Morgan fingerprint density at radius 1 is 1.14 bits per heavy atom. The first-order valence-corrected chi connectivity index (χ1v) is 10.7. The van der Waals surface area contributed by atoms with Gasteiger partial charge in [0, 0.05) is 11.6 Å². The van der Waals surface area contributed by atoms with Crippen molar-refractivity contribution in [3.8, 4) is 5.75 Å². The number of benzene rings is 1. The highest BCUT2D eigenvalue weighted by atomic mass is 16.6. The second-order valence-corrected chi connectivity index (χ2v) is 9.78. The third-order valence-corrected chi connectivity index (χ3v) is 8.07. The van der Waals surface area contributed by atoms with Gasteiger partial charge in [-0.3, -0.25) is 0 Å². The average molecular weight is 379 g/mol. The Labute approximate surface area is 167 Å². The molecule has 1 aromatic carbocycles. The summed E-state index contributed by atoms with van der Waals surface area (Å²) in [5, 5.41) is 0. The number of esters is 1. The standard InChI is InChI=1S/C25H30O3/c1-24(2)22(14-23(26)28-24)21-10-9-20-19-7-5-15-13-16(27-4)6-8-17(15)18(19)11-12-25(20,21)3/h6,8,10,13-14,18-20H,5,7,9,11-12H2,1-4H3/t18?,19?,20?,25-/m0/s1. The first-order chi connectivity index (χ1) is 13.3. The Kier molecular flexibility index (Phi) is 3.85. The minimum atomic E-state index is -0.507. The molecule has 1 aromatic rings. The summed E-state index contributed by atoms with van der Waals surface area (Å²) in [4.78, 5) is 12.0. The molecular weight excluding hydrogens is 348 g/mol. The van der Waals surface area contributed by atoms with Gasteiger partial charge in [0.05, 0.1) is 7.11 Å². The zero-order valence-corrected chi connectivity index (χ0v) is 17.4. The fourth-order valence-corrected chi connectivity index (χ4v) is 6.70. The summed E-state index contributed by atoms with van der Waals surface area (Å²) in [6, 6.07) is 6.68. The number of cyclic esters (lactones) is 1. The van der Waals surface area contributed by atoms with Crippen molar-refractivity contribution in [1.82, 2.24) is 0 Å². The van der Waals surface area contributed by atoms with Crippen LogP contribution >= 0.6 is 0 Å². The quantitative estimate of drug-likeness (QED) is 0.651. The third kappa shape index (κ3) is 2.44. The number of methoxy groups -OCH3 is 1. The fourth-order valence-electron chi connectivity index (χ4n) is 6.70. The first-order valence-electron chi connectivity index (χ1n) is 10.7. The van der Waals surface area contributed by atoms with Crippen LogP contribution in [0.1, 0.15) is 63.5 Å². The zero-order valence-electron chi connectivity index (χ0n) is 17.4. The molecular formula is C25H30O3. The average Bonchev–Trinajstić information content (AvgIpc) is 3.14. The predicted molar refractivity (Wildman–Crippen MR) is 109 cm³/mol. The second-order valence-electron chi connectivity index (χ2n) is 9.78. The highest BCUT2D eigenvalue weighted by Crippen LogP contribution is 2.63. The van der Waals surface area contributed by atoms with E-state index in [1.54, 1.807) is 18.7 Å². The smallest absolute Gasteiger partial charge is 0.332 e. The maximum atomic E-state index is 12.0. The number of aryl methyl sites for hydroxylation is 1. The number of carbonyl (C=O) groups is 1. The van der Waals surface area contributed by atoms with Gasteiger partial charge < -0.3 is 9.47 Å². The molecule has 3 heteroatoms. The van der Waals surface area contributed by atoms with E-state index in [1.165, 1.54) is 30.4 Å². The molecule has 1 fully saturated rings. The first kappa shape index (κ1) is 18.0. The van der Waals surface area contributed by atoms with Gasteiger partial charge in [0.25, 0.3) is 0 Å². The van der Waals surface area contributed by atoms with E-state index < -0.39 is 5.60 Å². The molecule has 3 nitrogen and oxygen atoms in total. The molecule has 4 atom stereocenters. The number of allylic oxidation sites excluding steroid dienone is 1. The summed E-state index contributed by atoms with van der Waals surface area (Å²) in [5.74, 6) is 2.81. The number of rotatable bonds is 2. The molecule has 0 radical (unpaired) electrons. The van der Waals surface area contributed by atoms with Gasteiger partial charge in [0.15, 0.2) is 0 Å². The fraction of sp³-hybridized carbons (Fsp3) is 0.560. The lowest BCUT2D eigenvalue weighted by Gasteiger charge is -2.51. The van der Waals surface area contributed by atoms with E-state index in [-0.39, 0.29) is 11.4 Å². The molecule has 1 heterocycles. The molecule has 28 heavy (non-hydrogen) atoms. The molecule has 1 saturated carbocycles.